The van der Waals surface area contributed by atoms with Gasteiger partial charge in [-0.25, -0.2) is 4.98 Å². The zero-order chi connectivity index (χ0) is 11.4. The standard InChI is InChI=1S/C12H15N3O/c1-9-4-2-3-5-11(9)16-12-14-7-6-10(8-13)15-12/h6-7,9,11H,2-5H2,1H3. The van der Waals surface area contributed by atoms with Crippen molar-refractivity contribution in [1.82, 2.24) is 9.97 Å². The molecule has 1 saturated carbocycles. The van der Waals surface area contributed by atoms with Gasteiger partial charge in [-0.15, -0.1) is 0 Å². The highest BCUT2D eigenvalue weighted by Crippen LogP contribution is 2.26. The second-order valence-electron chi connectivity index (χ2n) is 4.25. The Morgan fingerprint density at radius 1 is 1.44 bits per heavy atom. The second kappa shape index (κ2) is 4.93. The van der Waals surface area contributed by atoms with Crippen LogP contribution in [-0.4, -0.2) is 16.1 Å². The van der Waals surface area contributed by atoms with Crippen LogP contribution in [0, 0.1) is 17.2 Å². The summed E-state index contributed by atoms with van der Waals surface area (Å²) in [5.41, 5.74) is 0.355. The topological polar surface area (TPSA) is 58.8 Å². The van der Waals surface area contributed by atoms with Gasteiger partial charge < -0.3 is 4.74 Å². The Morgan fingerprint density at radius 3 is 3.00 bits per heavy atom. The maximum atomic E-state index is 8.72. The highest BCUT2D eigenvalue weighted by atomic mass is 16.5. The van der Waals surface area contributed by atoms with Crippen LogP contribution >= 0.6 is 0 Å². The van der Waals surface area contributed by atoms with Crippen molar-refractivity contribution in [3.63, 3.8) is 0 Å². The normalized spacial score (nSPS) is 24.8. The number of ether oxygens (including phenoxy) is 1. The van der Waals surface area contributed by atoms with Crippen molar-refractivity contribution in [2.45, 2.75) is 38.7 Å². The van der Waals surface area contributed by atoms with Crippen LogP contribution < -0.4 is 4.74 Å². The molecule has 1 aliphatic rings. The van der Waals surface area contributed by atoms with Gasteiger partial charge in [-0.3, -0.25) is 0 Å². The minimum atomic E-state index is 0.197. The Hall–Kier alpha value is -1.63. The summed E-state index contributed by atoms with van der Waals surface area (Å²) >= 11 is 0. The zero-order valence-corrected chi connectivity index (χ0v) is 9.39. The summed E-state index contributed by atoms with van der Waals surface area (Å²) in [6.45, 7) is 2.19. The third-order valence-corrected chi connectivity index (χ3v) is 3.04. The molecule has 0 saturated heterocycles. The zero-order valence-electron chi connectivity index (χ0n) is 9.39. The van der Waals surface area contributed by atoms with Crippen molar-refractivity contribution in [3.05, 3.63) is 18.0 Å². The van der Waals surface area contributed by atoms with Crippen molar-refractivity contribution in [1.29, 1.82) is 5.26 Å². The first-order chi connectivity index (χ1) is 7.79. The van der Waals surface area contributed by atoms with E-state index in [0.717, 1.165) is 6.42 Å². The monoisotopic (exact) mass is 217 g/mol. The third-order valence-electron chi connectivity index (χ3n) is 3.04. The molecule has 2 atom stereocenters. The van der Waals surface area contributed by atoms with Crippen molar-refractivity contribution < 1.29 is 4.74 Å². The lowest BCUT2D eigenvalue weighted by molar-refractivity contribution is 0.0922. The molecule has 1 aromatic heterocycles. The van der Waals surface area contributed by atoms with Crippen LogP contribution in [0.3, 0.4) is 0 Å². The average Bonchev–Trinajstić information content (AvgIpc) is 2.32. The molecule has 4 heteroatoms. The van der Waals surface area contributed by atoms with Gasteiger partial charge in [0.1, 0.15) is 17.9 Å². The van der Waals surface area contributed by atoms with Crippen LogP contribution in [0.4, 0.5) is 0 Å². The Morgan fingerprint density at radius 2 is 2.25 bits per heavy atom. The fourth-order valence-corrected chi connectivity index (χ4v) is 2.05. The first-order valence-electron chi connectivity index (χ1n) is 5.69. The van der Waals surface area contributed by atoms with Crippen LogP contribution in [0.2, 0.25) is 0 Å². The lowest BCUT2D eigenvalue weighted by Gasteiger charge is -2.28. The van der Waals surface area contributed by atoms with E-state index in [1.54, 1.807) is 12.3 Å². The third kappa shape index (κ3) is 2.48. The van der Waals surface area contributed by atoms with Gasteiger partial charge in [0.2, 0.25) is 0 Å². The molecule has 1 aromatic rings. The molecule has 1 aliphatic carbocycles. The van der Waals surface area contributed by atoms with E-state index in [4.69, 9.17) is 10.00 Å². The molecule has 16 heavy (non-hydrogen) atoms. The summed E-state index contributed by atoms with van der Waals surface area (Å²) in [4.78, 5) is 8.06. The van der Waals surface area contributed by atoms with E-state index in [2.05, 4.69) is 16.9 Å². The molecule has 0 radical (unpaired) electrons. The predicted molar refractivity (Wildman–Crippen MR) is 58.8 cm³/mol. The van der Waals surface area contributed by atoms with Gasteiger partial charge in [0.25, 0.3) is 0 Å². The smallest absolute Gasteiger partial charge is 0.317 e. The van der Waals surface area contributed by atoms with Crippen LogP contribution in [-0.2, 0) is 0 Å². The van der Waals surface area contributed by atoms with E-state index in [0.29, 0.717) is 17.6 Å². The van der Waals surface area contributed by atoms with Gasteiger partial charge in [0, 0.05) is 6.20 Å². The molecule has 4 nitrogen and oxygen atoms in total. The molecular formula is C12H15N3O. The lowest BCUT2D eigenvalue weighted by Crippen LogP contribution is -2.29. The molecule has 0 aliphatic heterocycles. The number of aromatic nitrogens is 2. The second-order valence-corrected chi connectivity index (χ2v) is 4.25. The van der Waals surface area contributed by atoms with Gasteiger partial charge in [-0.05, 0) is 31.2 Å². The van der Waals surface area contributed by atoms with Gasteiger partial charge in [-0.2, -0.15) is 10.2 Å². The fourth-order valence-electron chi connectivity index (χ4n) is 2.05. The van der Waals surface area contributed by atoms with Gasteiger partial charge in [0.15, 0.2) is 0 Å². The number of hydrogen-bond donors (Lipinski definition) is 0. The minimum Gasteiger partial charge on any atom is -0.460 e. The fraction of sp³-hybridized carbons (Fsp3) is 0.583. The first-order valence-corrected chi connectivity index (χ1v) is 5.69. The summed E-state index contributed by atoms with van der Waals surface area (Å²) in [7, 11) is 0. The summed E-state index contributed by atoms with van der Waals surface area (Å²) < 4.78 is 5.74. The molecule has 1 heterocycles. The highest BCUT2D eigenvalue weighted by molar-refractivity contribution is 5.19. The molecule has 2 unspecified atom stereocenters. The van der Waals surface area contributed by atoms with Crippen LogP contribution in [0.15, 0.2) is 12.3 Å². The summed E-state index contributed by atoms with van der Waals surface area (Å²) in [5.74, 6) is 0.545. The van der Waals surface area contributed by atoms with Crippen LogP contribution in [0.1, 0.15) is 38.3 Å². The average molecular weight is 217 g/mol. The maximum Gasteiger partial charge on any atom is 0.317 e. The molecule has 0 aromatic carbocycles. The predicted octanol–water partition coefficient (Wildman–Crippen LogP) is 2.31. The molecule has 1 fully saturated rings. The molecule has 0 bridgehead atoms. The number of rotatable bonds is 2. The van der Waals surface area contributed by atoms with Crippen molar-refractivity contribution in [2.24, 2.45) is 5.92 Å². The van der Waals surface area contributed by atoms with E-state index < -0.39 is 0 Å². The first kappa shape index (κ1) is 10.9. The van der Waals surface area contributed by atoms with Crippen molar-refractivity contribution >= 4 is 0 Å². The Kier molecular flexibility index (Phi) is 3.35. The molecule has 0 amide bonds. The molecule has 84 valence electrons. The van der Waals surface area contributed by atoms with Crippen molar-refractivity contribution in [3.8, 4) is 12.1 Å². The SMILES string of the molecule is CC1CCCCC1Oc1nccc(C#N)n1. The van der Waals surface area contributed by atoms with Gasteiger partial charge >= 0.3 is 6.01 Å². The maximum absolute atomic E-state index is 8.72. The lowest BCUT2D eigenvalue weighted by atomic mass is 9.88. The van der Waals surface area contributed by atoms with Crippen LogP contribution in [0.25, 0.3) is 0 Å². The number of hydrogen-bond acceptors (Lipinski definition) is 4. The van der Waals surface area contributed by atoms with Gasteiger partial charge in [0.05, 0.1) is 0 Å². The van der Waals surface area contributed by atoms with E-state index in [-0.39, 0.29) is 6.10 Å². The Bertz CT molecular complexity index is 399. The van der Waals surface area contributed by atoms with E-state index in [1.807, 2.05) is 6.07 Å². The summed E-state index contributed by atoms with van der Waals surface area (Å²) in [6, 6.07) is 3.90. The van der Waals surface area contributed by atoms with E-state index in [1.165, 1.54) is 19.3 Å². The largest absolute Gasteiger partial charge is 0.460 e. The number of nitriles is 1. The highest BCUT2D eigenvalue weighted by Gasteiger charge is 2.23. The minimum absolute atomic E-state index is 0.197. The van der Waals surface area contributed by atoms with Crippen LogP contribution in [0.5, 0.6) is 6.01 Å². The van der Waals surface area contributed by atoms with E-state index in [9.17, 15) is 0 Å². The Labute approximate surface area is 95.3 Å². The molecule has 2 rings (SSSR count). The molecule has 0 N–H and O–H groups in total. The van der Waals surface area contributed by atoms with E-state index >= 15 is 0 Å². The van der Waals surface area contributed by atoms with Crippen molar-refractivity contribution in [2.75, 3.05) is 0 Å². The summed E-state index contributed by atoms with van der Waals surface area (Å²) in [6.07, 6.45) is 6.49. The summed E-state index contributed by atoms with van der Waals surface area (Å²) in [5, 5.41) is 8.72. The Balaban J connectivity index is 2.05. The quantitative estimate of drug-likeness (QED) is 0.762. The van der Waals surface area contributed by atoms with Gasteiger partial charge in [-0.1, -0.05) is 13.3 Å². The molecule has 0 spiro atoms. The molecular weight excluding hydrogens is 202 g/mol. The number of nitrogens with zero attached hydrogens (tertiary/aromatic N) is 3.